The van der Waals surface area contributed by atoms with Crippen LogP contribution in [-0.4, -0.2) is 28.6 Å². The van der Waals surface area contributed by atoms with Gasteiger partial charge in [-0.2, -0.15) is 0 Å². The van der Waals surface area contributed by atoms with Gasteiger partial charge in [-0.1, -0.05) is 6.08 Å². The van der Waals surface area contributed by atoms with E-state index in [0.29, 0.717) is 18.4 Å². The van der Waals surface area contributed by atoms with Crippen LogP contribution in [0.25, 0.3) is 0 Å². The quantitative estimate of drug-likeness (QED) is 0.557. The monoisotopic (exact) mass is 302 g/mol. The molecule has 0 spiro atoms. The van der Waals surface area contributed by atoms with Crippen molar-refractivity contribution in [2.45, 2.75) is 59.0 Å². The Kier molecular flexibility index (Phi) is 6.72. The van der Waals surface area contributed by atoms with Crippen LogP contribution in [0.4, 0.5) is 0 Å². The van der Waals surface area contributed by atoms with E-state index in [-0.39, 0.29) is 11.9 Å². The number of allylic oxidation sites excluding steroid dienone is 1. The lowest BCUT2D eigenvalue weighted by Crippen LogP contribution is -2.29. The van der Waals surface area contributed by atoms with Gasteiger partial charge < -0.3 is 8.85 Å². The fraction of sp³-hybridized carbons (Fsp3) is 0.692. The lowest BCUT2D eigenvalue weighted by Gasteiger charge is -2.18. The Bertz CT molecular complexity index is 362. The van der Waals surface area contributed by atoms with Crippen LogP contribution >= 0.6 is 0 Å². The molecule has 6 heteroatoms. The molecule has 0 aromatic rings. The summed E-state index contributed by atoms with van der Waals surface area (Å²) >= 11 is 0. The molecule has 0 unspecified atom stereocenters. The Morgan fingerprint density at radius 3 is 1.84 bits per heavy atom. The molecule has 0 heterocycles. The van der Waals surface area contributed by atoms with Gasteiger partial charge in [-0.3, -0.25) is 4.79 Å². The minimum Gasteiger partial charge on any atom is -0.520 e. The molecule has 0 aromatic heterocycles. The molecule has 0 aromatic carbocycles. The molecule has 0 saturated heterocycles. The van der Waals surface area contributed by atoms with Crippen LogP contribution in [0.15, 0.2) is 11.6 Å². The average Bonchev–Trinajstić information content (AvgIpc) is 2.11. The first-order valence-electron chi connectivity index (χ1n) is 6.53. The van der Waals surface area contributed by atoms with Gasteiger partial charge in [0.15, 0.2) is 0 Å². The Hall–Kier alpha value is -0.886. The summed E-state index contributed by atoms with van der Waals surface area (Å²) in [5, 5.41) is 0. The maximum atomic E-state index is 11.7. The fourth-order valence-corrected chi connectivity index (χ4v) is 2.74. The molecule has 110 valence electrons. The normalized spacial score (nSPS) is 13.1. The molecule has 4 nitrogen and oxygen atoms in total. The van der Waals surface area contributed by atoms with Crippen molar-refractivity contribution in [3.05, 3.63) is 11.6 Å². The van der Waals surface area contributed by atoms with Crippen LogP contribution in [0.3, 0.4) is 0 Å². The van der Waals surface area contributed by atoms with Crippen molar-refractivity contribution >= 4 is 28.6 Å². The molecule has 0 aliphatic carbocycles. The zero-order valence-electron chi connectivity index (χ0n) is 13.1. The highest BCUT2D eigenvalue weighted by Gasteiger charge is 2.21. The van der Waals surface area contributed by atoms with E-state index < -0.39 is 16.6 Å². The highest BCUT2D eigenvalue weighted by Crippen LogP contribution is 2.10. The molecule has 0 rings (SSSR count). The molecule has 0 aliphatic heterocycles. The van der Waals surface area contributed by atoms with E-state index in [9.17, 15) is 9.59 Å². The first-order chi connectivity index (χ1) is 8.41. The van der Waals surface area contributed by atoms with Crippen molar-refractivity contribution < 1.29 is 18.4 Å². The molecule has 0 aliphatic rings. The van der Waals surface area contributed by atoms with Crippen LogP contribution < -0.4 is 0 Å². The van der Waals surface area contributed by atoms with Gasteiger partial charge in [-0.05, 0) is 52.6 Å². The van der Waals surface area contributed by atoms with Crippen molar-refractivity contribution in [3.8, 4) is 0 Å². The van der Waals surface area contributed by atoms with Gasteiger partial charge in [0.2, 0.25) is 16.6 Å². The maximum absolute atomic E-state index is 11.7. The van der Waals surface area contributed by atoms with Crippen LogP contribution in [0, 0.1) is 0 Å². The summed E-state index contributed by atoms with van der Waals surface area (Å²) in [5.74, 6) is -0.473. The second kappa shape index (κ2) is 7.05. The summed E-state index contributed by atoms with van der Waals surface area (Å²) in [5.41, 5.74) is 0.559. The van der Waals surface area contributed by atoms with Gasteiger partial charge >= 0.3 is 5.97 Å². The molecule has 0 saturated carbocycles. The van der Waals surface area contributed by atoms with Crippen LogP contribution in [0.2, 0.25) is 39.3 Å². The number of hydrogen-bond donors (Lipinski definition) is 0. The van der Waals surface area contributed by atoms with E-state index in [4.69, 9.17) is 8.85 Å². The van der Waals surface area contributed by atoms with Crippen LogP contribution in [0.1, 0.15) is 19.8 Å². The molecule has 0 N–H and O–H groups in total. The number of rotatable bonds is 6. The first-order valence-corrected chi connectivity index (χ1v) is 13.3. The summed E-state index contributed by atoms with van der Waals surface area (Å²) in [6.07, 6.45) is 2.56. The smallest absolute Gasteiger partial charge is 0.320 e. The number of hydrogen-bond acceptors (Lipinski definition) is 4. The van der Waals surface area contributed by atoms with E-state index in [2.05, 4.69) is 0 Å². The van der Waals surface area contributed by atoms with Crippen molar-refractivity contribution in [1.82, 2.24) is 0 Å². The predicted molar refractivity (Wildman–Crippen MR) is 81.9 cm³/mol. The maximum Gasteiger partial charge on any atom is 0.320 e. The Balaban J connectivity index is 4.20. The van der Waals surface area contributed by atoms with Gasteiger partial charge in [-0.15, -0.1) is 0 Å². The SMILES string of the molecule is C/C(=C\CCC(=O)O[Si](C)(C)C)C(=O)O[Si](C)(C)C. The third-order valence-electron chi connectivity index (χ3n) is 1.94. The van der Waals surface area contributed by atoms with E-state index in [0.717, 1.165) is 0 Å². The largest absolute Gasteiger partial charge is 0.520 e. The zero-order chi connectivity index (χ0) is 15.3. The summed E-state index contributed by atoms with van der Waals surface area (Å²) in [6, 6.07) is 0. The summed E-state index contributed by atoms with van der Waals surface area (Å²) in [6.45, 7) is 13.5. The predicted octanol–water partition coefficient (Wildman–Crippen LogP) is 3.47. The number of carbonyl (C=O) groups is 2. The highest BCUT2D eigenvalue weighted by atomic mass is 28.4. The molecule has 0 radical (unpaired) electrons. The van der Waals surface area contributed by atoms with Gasteiger partial charge in [0.25, 0.3) is 5.97 Å². The molecule has 0 atom stereocenters. The first kappa shape index (κ1) is 18.1. The van der Waals surface area contributed by atoms with E-state index in [1.54, 1.807) is 13.0 Å². The summed E-state index contributed by atoms with van der Waals surface area (Å²) in [7, 11) is -3.66. The summed E-state index contributed by atoms with van der Waals surface area (Å²) < 4.78 is 10.7. The van der Waals surface area contributed by atoms with Gasteiger partial charge in [0.05, 0.1) is 0 Å². The Morgan fingerprint density at radius 1 is 0.947 bits per heavy atom. The zero-order valence-corrected chi connectivity index (χ0v) is 15.1. The van der Waals surface area contributed by atoms with Gasteiger partial charge in [-0.25, -0.2) is 4.79 Å². The van der Waals surface area contributed by atoms with Crippen molar-refractivity contribution in [1.29, 1.82) is 0 Å². The molecule has 19 heavy (non-hydrogen) atoms. The van der Waals surface area contributed by atoms with Crippen LogP contribution in [0.5, 0.6) is 0 Å². The lowest BCUT2D eigenvalue weighted by atomic mass is 10.2. The molecular weight excluding hydrogens is 276 g/mol. The van der Waals surface area contributed by atoms with Gasteiger partial charge in [0.1, 0.15) is 0 Å². The molecule has 0 bridgehead atoms. The fourth-order valence-electron chi connectivity index (χ4n) is 1.24. The van der Waals surface area contributed by atoms with E-state index >= 15 is 0 Å². The lowest BCUT2D eigenvalue weighted by molar-refractivity contribution is -0.135. The summed E-state index contributed by atoms with van der Waals surface area (Å²) in [4.78, 5) is 23.2. The Morgan fingerprint density at radius 2 is 1.42 bits per heavy atom. The van der Waals surface area contributed by atoms with Crippen molar-refractivity contribution in [2.24, 2.45) is 0 Å². The minimum atomic E-state index is -1.85. The Labute approximate surface area is 118 Å². The third-order valence-corrected chi connectivity index (χ3v) is 3.58. The second-order valence-corrected chi connectivity index (χ2v) is 15.4. The molecule has 0 fully saturated rings. The number of carbonyl (C=O) groups excluding carboxylic acids is 2. The van der Waals surface area contributed by atoms with E-state index in [1.807, 2.05) is 39.3 Å². The second-order valence-electron chi connectivity index (χ2n) is 6.51. The van der Waals surface area contributed by atoms with Crippen molar-refractivity contribution in [2.75, 3.05) is 0 Å². The topological polar surface area (TPSA) is 52.6 Å². The third kappa shape index (κ3) is 10.7. The highest BCUT2D eigenvalue weighted by molar-refractivity contribution is 6.71. The van der Waals surface area contributed by atoms with Crippen LogP contribution in [-0.2, 0) is 18.4 Å². The minimum absolute atomic E-state index is 0.193. The molecular formula is C13H26O4Si2. The van der Waals surface area contributed by atoms with Gasteiger partial charge in [0, 0.05) is 12.0 Å². The molecule has 0 amide bonds. The average molecular weight is 303 g/mol. The van der Waals surface area contributed by atoms with Crippen molar-refractivity contribution in [3.63, 3.8) is 0 Å². The van der Waals surface area contributed by atoms with E-state index in [1.165, 1.54) is 0 Å². The standard InChI is InChI=1S/C13H26O4Si2/c1-11(13(15)17-19(5,6)7)9-8-10-12(14)16-18(2,3)4/h9H,8,10H2,1-7H3/b11-9+.